The maximum Gasteiger partial charge on any atom is 0.262 e. The number of ether oxygens (including phenoxy) is 1. The van der Waals surface area contributed by atoms with E-state index in [2.05, 4.69) is 57.2 Å². The second kappa shape index (κ2) is 14.6. The number of hydrogen-bond donors (Lipinski definition) is 2. The maximum absolute atomic E-state index is 15.9. The largest absolute Gasteiger partial charge is 0.488 e. The van der Waals surface area contributed by atoms with Gasteiger partial charge in [0.25, 0.3) is 17.7 Å². The molecule has 4 atom stereocenters. The van der Waals surface area contributed by atoms with E-state index in [9.17, 15) is 29.2 Å². The lowest BCUT2D eigenvalue weighted by molar-refractivity contribution is -0.136. The summed E-state index contributed by atoms with van der Waals surface area (Å²) in [5.74, 6) is -1.71. The molecule has 0 bridgehead atoms. The van der Waals surface area contributed by atoms with Crippen LogP contribution in [-0.2, 0) is 15.0 Å². The Bertz CT molecular complexity index is 2650. The smallest absolute Gasteiger partial charge is 0.262 e. The van der Waals surface area contributed by atoms with E-state index in [0.29, 0.717) is 41.5 Å². The van der Waals surface area contributed by atoms with Gasteiger partial charge in [0.15, 0.2) is 0 Å². The third-order valence-electron chi connectivity index (χ3n) is 14.5. The highest BCUT2D eigenvalue weighted by molar-refractivity contribution is 6.23. The van der Waals surface area contributed by atoms with E-state index in [4.69, 9.17) is 4.74 Å². The van der Waals surface area contributed by atoms with Crippen molar-refractivity contribution in [2.24, 2.45) is 11.3 Å². The topological polar surface area (TPSA) is 168 Å². The quantitative estimate of drug-likeness (QED) is 0.251. The SMILES string of the molecule is CC1(C)C(NC(=O)c2ccc(N3CCC(CN4CCN(c5ccc6c(c5)C(=O)N(C5CCC(=O)NC5=O)C6=O)CC4)CC3)c(F)c2)C2(C)c3ccnc4c(C#N)ccc(c34)O[C@@H]12. The molecule has 4 aromatic rings. The van der Waals surface area contributed by atoms with Gasteiger partial charge in [-0.15, -0.1) is 0 Å². The Labute approximate surface area is 358 Å². The van der Waals surface area contributed by atoms with Crippen LogP contribution < -0.4 is 25.2 Å². The molecule has 3 aromatic carbocycles. The number of nitrogens with zero attached hydrogens (tertiary/aromatic N) is 6. The zero-order chi connectivity index (χ0) is 43.2. The van der Waals surface area contributed by atoms with Gasteiger partial charge in [0, 0.05) is 80.5 Å². The summed E-state index contributed by atoms with van der Waals surface area (Å²) in [6.45, 7) is 11.7. The summed E-state index contributed by atoms with van der Waals surface area (Å²) >= 11 is 0. The second-order valence-electron chi connectivity index (χ2n) is 18.4. The number of aromatic nitrogens is 1. The molecule has 0 radical (unpaired) electrons. The van der Waals surface area contributed by atoms with Gasteiger partial charge in [-0.2, -0.15) is 5.26 Å². The van der Waals surface area contributed by atoms with Gasteiger partial charge in [-0.25, -0.2) is 4.39 Å². The van der Waals surface area contributed by atoms with Crippen LogP contribution in [0.15, 0.2) is 60.8 Å². The van der Waals surface area contributed by atoms with Crippen LogP contribution in [-0.4, -0.2) is 108 Å². The number of carbonyl (C=O) groups excluding carboxylic acids is 5. The monoisotopic (exact) mass is 838 g/mol. The van der Waals surface area contributed by atoms with Gasteiger partial charge in [0.05, 0.1) is 39.4 Å². The van der Waals surface area contributed by atoms with E-state index < -0.39 is 46.3 Å². The highest BCUT2D eigenvalue weighted by atomic mass is 19.1. The Morgan fingerprint density at radius 1 is 0.919 bits per heavy atom. The van der Waals surface area contributed by atoms with Crippen molar-refractivity contribution >= 4 is 51.8 Å². The summed E-state index contributed by atoms with van der Waals surface area (Å²) < 4.78 is 22.4. The van der Waals surface area contributed by atoms with Gasteiger partial charge in [-0.3, -0.25) is 44.1 Å². The molecule has 1 aromatic heterocycles. The van der Waals surface area contributed by atoms with Gasteiger partial charge < -0.3 is 19.9 Å². The molecule has 14 nitrogen and oxygen atoms in total. The number of amides is 5. The summed E-state index contributed by atoms with van der Waals surface area (Å²) in [5.41, 5.74) is 3.10. The Hall–Kier alpha value is -6.40. The first-order valence-corrected chi connectivity index (χ1v) is 21.4. The molecule has 15 heteroatoms. The molecule has 0 spiro atoms. The predicted octanol–water partition coefficient (Wildman–Crippen LogP) is 4.54. The van der Waals surface area contributed by atoms with Gasteiger partial charge in [-0.1, -0.05) is 13.8 Å². The standard InChI is InChI=1S/C47H47FN8O6/c1-46(2)44(47(3)32-12-15-50-39-28(24-49)5-10-36(38(32)39)62-45(46)47)52-40(58)27-4-8-34(33(48)22-27)55-16-13-26(14-17-55)25-53-18-20-54(21-19-53)29-6-7-30-31(23-29)43(61)56(42(30)60)35-9-11-37(57)51-41(35)59/h4-8,10,12,15,22-23,26,35,44-45H,9,11,13-14,16-21,25H2,1-3H3,(H,52,58)(H,51,57,59)/t35?,44?,45-,47?/m0/s1. The molecule has 318 valence electrons. The van der Waals surface area contributed by atoms with Crippen molar-refractivity contribution in [3.63, 3.8) is 0 Å². The number of halogens is 1. The summed E-state index contributed by atoms with van der Waals surface area (Å²) in [7, 11) is 0. The molecule has 3 unspecified atom stereocenters. The molecule has 5 aliphatic heterocycles. The lowest BCUT2D eigenvalue weighted by atomic mass is 9.45. The van der Waals surface area contributed by atoms with E-state index in [1.54, 1.807) is 36.5 Å². The van der Waals surface area contributed by atoms with Gasteiger partial charge in [0.1, 0.15) is 29.8 Å². The number of rotatable bonds is 7. The highest BCUT2D eigenvalue weighted by Crippen LogP contribution is 2.61. The van der Waals surface area contributed by atoms with Crippen molar-refractivity contribution in [3.05, 3.63) is 94.4 Å². The van der Waals surface area contributed by atoms with E-state index in [0.717, 1.165) is 67.1 Å². The van der Waals surface area contributed by atoms with E-state index >= 15 is 4.39 Å². The third-order valence-corrected chi connectivity index (χ3v) is 14.5. The number of imide groups is 2. The number of fused-ring (bicyclic) bond motifs is 3. The Kier molecular flexibility index (Phi) is 9.36. The van der Waals surface area contributed by atoms with Gasteiger partial charge >= 0.3 is 0 Å². The Morgan fingerprint density at radius 2 is 1.68 bits per heavy atom. The molecule has 2 N–H and O–H groups in total. The average molecular weight is 839 g/mol. The van der Waals surface area contributed by atoms with Crippen molar-refractivity contribution in [1.82, 2.24) is 25.4 Å². The first-order chi connectivity index (χ1) is 29.8. The Morgan fingerprint density at radius 3 is 2.40 bits per heavy atom. The molecule has 1 saturated carbocycles. The minimum absolute atomic E-state index is 0.0746. The third kappa shape index (κ3) is 6.13. The first-order valence-electron chi connectivity index (χ1n) is 21.4. The van der Waals surface area contributed by atoms with Crippen molar-refractivity contribution < 1.29 is 33.1 Å². The number of benzene rings is 3. The molecule has 62 heavy (non-hydrogen) atoms. The number of carbonyl (C=O) groups is 5. The van der Waals surface area contributed by atoms with Crippen LogP contribution in [0.4, 0.5) is 15.8 Å². The molecule has 6 heterocycles. The fourth-order valence-corrected chi connectivity index (χ4v) is 11.3. The normalized spacial score (nSPS) is 25.7. The van der Waals surface area contributed by atoms with Gasteiger partial charge in [0.2, 0.25) is 11.8 Å². The summed E-state index contributed by atoms with van der Waals surface area (Å²) in [5, 5.41) is 16.0. The highest BCUT2D eigenvalue weighted by Gasteiger charge is 2.69. The average Bonchev–Trinajstić information content (AvgIpc) is 3.52. The second-order valence-corrected chi connectivity index (χ2v) is 18.4. The van der Waals surface area contributed by atoms with Crippen LogP contribution >= 0.6 is 0 Å². The molecule has 3 saturated heterocycles. The number of pyridine rings is 1. The lowest BCUT2D eigenvalue weighted by Gasteiger charge is -2.66. The predicted molar refractivity (Wildman–Crippen MR) is 226 cm³/mol. The first kappa shape index (κ1) is 39.7. The molecule has 10 rings (SSSR count). The minimum atomic E-state index is -0.995. The van der Waals surface area contributed by atoms with Crippen molar-refractivity contribution in [2.45, 2.75) is 70.1 Å². The van der Waals surface area contributed by atoms with Crippen LogP contribution in [0.3, 0.4) is 0 Å². The Balaban J connectivity index is 0.732. The molecular weight excluding hydrogens is 792 g/mol. The fourth-order valence-electron chi connectivity index (χ4n) is 11.3. The molecule has 1 aliphatic carbocycles. The number of piperidine rings is 2. The van der Waals surface area contributed by atoms with Crippen LogP contribution in [0.25, 0.3) is 10.9 Å². The zero-order valence-electron chi connectivity index (χ0n) is 34.9. The minimum Gasteiger partial charge on any atom is -0.488 e. The van der Waals surface area contributed by atoms with E-state index in [1.165, 1.54) is 6.07 Å². The van der Waals surface area contributed by atoms with Crippen molar-refractivity contribution in [1.29, 1.82) is 5.26 Å². The molecule has 6 aliphatic rings. The number of nitriles is 1. The summed E-state index contributed by atoms with van der Waals surface area (Å²) in [4.78, 5) is 76.6. The van der Waals surface area contributed by atoms with Crippen molar-refractivity contribution in [3.8, 4) is 11.8 Å². The lowest BCUT2D eigenvalue weighted by Crippen LogP contribution is -2.78. The van der Waals surface area contributed by atoms with Crippen molar-refractivity contribution in [2.75, 3.05) is 55.6 Å². The van der Waals surface area contributed by atoms with Crippen LogP contribution in [0.2, 0.25) is 0 Å². The van der Waals surface area contributed by atoms with Crippen LogP contribution in [0.5, 0.6) is 5.75 Å². The number of anilines is 2. The zero-order valence-corrected chi connectivity index (χ0v) is 34.9. The molecule has 5 amide bonds. The number of hydrogen-bond acceptors (Lipinski definition) is 11. The fraction of sp³-hybridized carbons (Fsp3) is 0.426. The van der Waals surface area contributed by atoms with Gasteiger partial charge in [-0.05, 0) is 92.3 Å². The van der Waals surface area contributed by atoms with E-state index in [1.807, 2.05) is 18.2 Å². The summed E-state index contributed by atoms with van der Waals surface area (Å²) in [6.07, 6.45) is 3.48. The van der Waals surface area contributed by atoms with Crippen LogP contribution in [0.1, 0.15) is 88.7 Å². The maximum atomic E-state index is 15.9. The molecular formula is C47H47FN8O6. The number of piperazine rings is 1. The van der Waals surface area contributed by atoms with Crippen LogP contribution in [0, 0.1) is 28.5 Å². The molecule has 4 fully saturated rings. The van der Waals surface area contributed by atoms with E-state index in [-0.39, 0.29) is 47.6 Å². The summed E-state index contributed by atoms with van der Waals surface area (Å²) in [6, 6.07) is 16.4. The number of nitrogens with one attached hydrogen (secondary N) is 2.